The zero-order valence-electron chi connectivity index (χ0n) is 6.40. The third-order valence-corrected chi connectivity index (χ3v) is 2.31. The van der Waals surface area contributed by atoms with Crippen LogP contribution in [0.15, 0.2) is 10.7 Å². The van der Waals surface area contributed by atoms with E-state index in [0.29, 0.717) is 0 Å². The maximum absolute atomic E-state index is 12.8. The Labute approximate surface area is 81.1 Å². The van der Waals surface area contributed by atoms with E-state index >= 15 is 0 Å². The summed E-state index contributed by atoms with van der Waals surface area (Å²) in [6.45, 7) is -0.140. The van der Waals surface area contributed by atoms with Crippen LogP contribution < -0.4 is 5.73 Å². The number of hydrogen-bond donors (Lipinski definition) is 1. The van der Waals surface area contributed by atoms with Crippen molar-refractivity contribution in [2.75, 3.05) is 0 Å². The second-order valence-electron chi connectivity index (χ2n) is 2.29. The maximum atomic E-state index is 12.8. The second kappa shape index (κ2) is 4.06. The number of alkyl halides is 2. The summed E-state index contributed by atoms with van der Waals surface area (Å²) in [7, 11) is 0. The number of pyridine rings is 1. The highest BCUT2D eigenvalue weighted by Crippen LogP contribution is 2.31. The molecule has 0 saturated carbocycles. The molecular formula is C7H6BrF3N2. The van der Waals surface area contributed by atoms with Crippen LogP contribution in [0.3, 0.4) is 0 Å². The highest BCUT2D eigenvalue weighted by Gasteiger charge is 2.19. The summed E-state index contributed by atoms with van der Waals surface area (Å²) in [5.41, 5.74) is 4.70. The third-order valence-electron chi connectivity index (χ3n) is 1.50. The molecule has 2 nitrogen and oxygen atoms in total. The number of halogens is 4. The molecule has 0 spiro atoms. The van der Waals surface area contributed by atoms with Crippen molar-refractivity contribution >= 4 is 15.9 Å². The first-order valence-corrected chi connectivity index (χ1v) is 4.18. The smallest absolute Gasteiger partial charge is 0.266 e. The van der Waals surface area contributed by atoms with Crippen LogP contribution in [-0.4, -0.2) is 4.98 Å². The van der Waals surface area contributed by atoms with Gasteiger partial charge in [-0.25, -0.2) is 13.2 Å². The summed E-state index contributed by atoms with van der Waals surface area (Å²) in [5.74, 6) is -0.813. The monoisotopic (exact) mass is 254 g/mol. The summed E-state index contributed by atoms with van der Waals surface area (Å²) in [4.78, 5) is 3.47. The van der Waals surface area contributed by atoms with Gasteiger partial charge in [-0.05, 0) is 15.9 Å². The Balaban J connectivity index is 3.32. The Bertz CT molecular complexity index is 317. The van der Waals surface area contributed by atoms with Crippen LogP contribution in [-0.2, 0) is 6.54 Å². The van der Waals surface area contributed by atoms with E-state index in [9.17, 15) is 13.2 Å². The quantitative estimate of drug-likeness (QED) is 0.881. The van der Waals surface area contributed by atoms with E-state index in [1.54, 1.807) is 0 Å². The molecule has 1 heterocycles. The van der Waals surface area contributed by atoms with Gasteiger partial charge in [0.25, 0.3) is 6.43 Å². The molecule has 6 heteroatoms. The fraction of sp³-hybridized carbons (Fsp3) is 0.286. The van der Waals surface area contributed by atoms with E-state index in [0.717, 1.165) is 6.20 Å². The highest BCUT2D eigenvalue weighted by molar-refractivity contribution is 9.10. The molecule has 0 aliphatic rings. The number of nitrogens with two attached hydrogens (primary N) is 1. The van der Waals surface area contributed by atoms with Crippen molar-refractivity contribution in [1.29, 1.82) is 0 Å². The van der Waals surface area contributed by atoms with Gasteiger partial charge in [-0.2, -0.15) is 0 Å². The van der Waals surface area contributed by atoms with Crippen LogP contribution >= 0.6 is 15.9 Å². The van der Waals surface area contributed by atoms with Crippen molar-refractivity contribution < 1.29 is 13.2 Å². The fourth-order valence-electron chi connectivity index (χ4n) is 0.901. The molecule has 2 N–H and O–H groups in total. The summed E-state index contributed by atoms with van der Waals surface area (Å²) >= 11 is 2.72. The Morgan fingerprint density at radius 3 is 2.62 bits per heavy atom. The van der Waals surface area contributed by atoms with Crippen molar-refractivity contribution in [1.82, 2.24) is 4.98 Å². The van der Waals surface area contributed by atoms with Crippen LogP contribution in [0.4, 0.5) is 13.2 Å². The van der Waals surface area contributed by atoms with E-state index < -0.39 is 17.8 Å². The topological polar surface area (TPSA) is 38.9 Å². The van der Waals surface area contributed by atoms with Crippen molar-refractivity contribution in [3.8, 4) is 0 Å². The Morgan fingerprint density at radius 2 is 2.15 bits per heavy atom. The number of nitrogens with zero attached hydrogens (tertiary/aromatic N) is 1. The van der Waals surface area contributed by atoms with Crippen molar-refractivity contribution in [2.24, 2.45) is 5.73 Å². The average molecular weight is 255 g/mol. The zero-order chi connectivity index (χ0) is 10.0. The minimum absolute atomic E-state index is 0.00303. The Hall–Kier alpha value is -0.620. The molecule has 0 fully saturated rings. The lowest BCUT2D eigenvalue weighted by Crippen LogP contribution is -2.07. The van der Waals surface area contributed by atoms with Gasteiger partial charge in [0.1, 0.15) is 0 Å². The lowest BCUT2D eigenvalue weighted by atomic mass is 10.2. The minimum atomic E-state index is -2.78. The largest absolute Gasteiger partial charge is 0.325 e. The second-order valence-corrected chi connectivity index (χ2v) is 3.08. The van der Waals surface area contributed by atoms with E-state index in [1.165, 1.54) is 0 Å². The molecule has 72 valence electrons. The van der Waals surface area contributed by atoms with Gasteiger partial charge in [-0.15, -0.1) is 0 Å². The molecule has 0 unspecified atom stereocenters. The number of aromatic nitrogens is 1. The standard InChI is InChI=1S/C7H6BrF3N2/c8-6-3(9)2-13-4(1-12)5(6)7(10)11/h2,7H,1,12H2. The lowest BCUT2D eigenvalue weighted by Gasteiger charge is -2.08. The van der Waals surface area contributed by atoms with Gasteiger partial charge in [-0.1, -0.05) is 0 Å². The molecule has 0 bridgehead atoms. The Kier molecular flexibility index (Phi) is 3.27. The number of hydrogen-bond acceptors (Lipinski definition) is 2. The summed E-state index contributed by atoms with van der Waals surface area (Å²) in [5, 5.41) is 0. The summed E-state index contributed by atoms with van der Waals surface area (Å²) in [6.07, 6.45) is -1.92. The fourth-order valence-corrected chi connectivity index (χ4v) is 1.40. The maximum Gasteiger partial charge on any atom is 0.266 e. The van der Waals surface area contributed by atoms with Crippen LogP contribution in [0.2, 0.25) is 0 Å². The van der Waals surface area contributed by atoms with E-state index in [1.807, 2.05) is 0 Å². The van der Waals surface area contributed by atoms with Gasteiger partial charge in [0.15, 0.2) is 5.82 Å². The number of rotatable bonds is 2. The summed E-state index contributed by atoms with van der Waals surface area (Å²) < 4.78 is 37.2. The molecular weight excluding hydrogens is 249 g/mol. The Morgan fingerprint density at radius 1 is 1.54 bits per heavy atom. The predicted octanol–water partition coefficient (Wildman–Crippen LogP) is 2.38. The van der Waals surface area contributed by atoms with Gasteiger partial charge in [0.05, 0.1) is 21.9 Å². The SMILES string of the molecule is NCc1ncc(F)c(Br)c1C(F)F. The van der Waals surface area contributed by atoms with E-state index in [4.69, 9.17) is 5.73 Å². The van der Waals surface area contributed by atoms with Crippen molar-refractivity contribution in [3.63, 3.8) is 0 Å². The van der Waals surface area contributed by atoms with Crippen LogP contribution in [0.1, 0.15) is 17.7 Å². The average Bonchev–Trinajstić information content (AvgIpc) is 2.08. The molecule has 0 aliphatic heterocycles. The van der Waals surface area contributed by atoms with Crippen molar-refractivity contribution in [2.45, 2.75) is 13.0 Å². The molecule has 1 aromatic rings. The molecule has 0 saturated heterocycles. The van der Waals surface area contributed by atoms with Crippen LogP contribution in [0, 0.1) is 5.82 Å². The molecule has 0 radical (unpaired) electrons. The van der Waals surface area contributed by atoms with E-state index in [2.05, 4.69) is 20.9 Å². The molecule has 1 aromatic heterocycles. The van der Waals surface area contributed by atoms with Gasteiger partial charge in [0, 0.05) is 6.54 Å². The van der Waals surface area contributed by atoms with Gasteiger partial charge >= 0.3 is 0 Å². The van der Waals surface area contributed by atoms with E-state index in [-0.39, 0.29) is 16.7 Å². The van der Waals surface area contributed by atoms with Crippen molar-refractivity contribution in [3.05, 3.63) is 27.7 Å². The minimum Gasteiger partial charge on any atom is -0.325 e. The molecule has 0 aliphatic carbocycles. The third kappa shape index (κ3) is 2.00. The highest BCUT2D eigenvalue weighted by atomic mass is 79.9. The predicted molar refractivity (Wildman–Crippen MR) is 44.7 cm³/mol. The first-order valence-electron chi connectivity index (χ1n) is 3.39. The molecule has 0 atom stereocenters. The summed E-state index contributed by atoms with van der Waals surface area (Å²) in [6, 6.07) is 0. The zero-order valence-corrected chi connectivity index (χ0v) is 7.98. The molecule has 0 aromatic carbocycles. The molecule has 0 amide bonds. The van der Waals surface area contributed by atoms with Gasteiger partial charge in [-0.3, -0.25) is 4.98 Å². The van der Waals surface area contributed by atoms with Gasteiger partial charge in [0.2, 0.25) is 0 Å². The normalized spacial score (nSPS) is 10.9. The first kappa shape index (κ1) is 10.5. The van der Waals surface area contributed by atoms with Crippen LogP contribution in [0.25, 0.3) is 0 Å². The van der Waals surface area contributed by atoms with Crippen LogP contribution in [0.5, 0.6) is 0 Å². The molecule has 13 heavy (non-hydrogen) atoms. The first-order chi connectivity index (χ1) is 6.07. The lowest BCUT2D eigenvalue weighted by molar-refractivity contribution is 0.148. The van der Waals surface area contributed by atoms with Gasteiger partial charge < -0.3 is 5.73 Å². The molecule has 1 rings (SSSR count).